The summed E-state index contributed by atoms with van der Waals surface area (Å²) in [6.07, 6.45) is 0.980. The van der Waals surface area contributed by atoms with Gasteiger partial charge in [0, 0.05) is 22.7 Å². The maximum absolute atomic E-state index is 5.42. The molecule has 0 atom stereocenters. The molecule has 0 unspecified atom stereocenters. The van der Waals surface area contributed by atoms with Crippen LogP contribution in [0.25, 0.3) is 10.6 Å². The molecule has 2 aromatic rings. The highest BCUT2D eigenvalue weighted by atomic mass is 79.9. The van der Waals surface area contributed by atoms with E-state index in [1.807, 2.05) is 19.1 Å². The zero-order chi connectivity index (χ0) is 12.1. The molecular formula is C13H14BrNOS. The van der Waals surface area contributed by atoms with E-state index in [0.29, 0.717) is 6.61 Å². The summed E-state index contributed by atoms with van der Waals surface area (Å²) in [7, 11) is 0. The Morgan fingerprint density at radius 2 is 2.06 bits per heavy atom. The normalized spacial score (nSPS) is 10.5. The number of hydrogen-bond acceptors (Lipinski definition) is 3. The fourth-order valence-electron chi connectivity index (χ4n) is 1.51. The summed E-state index contributed by atoms with van der Waals surface area (Å²) < 4.78 is 5.42. The number of aryl methyl sites for hydroxylation is 1. The summed E-state index contributed by atoms with van der Waals surface area (Å²) in [5, 5.41) is 4.15. The number of rotatable bonds is 5. The summed E-state index contributed by atoms with van der Waals surface area (Å²) >= 11 is 5.12. The third kappa shape index (κ3) is 3.30. The molecule has 1 aromatic heterocycles. The number of nitrogens with zero attached hydrogens (tertiary/aromatic N) is 1. The molecule has 0 saturated heterocycles. The molecule has 2 nitrogen and oxygen atoms in total. The van der Waals surface area contributed by atoms with Gasteiger partial charge in [-0.1, -0.05) is 15.9 Å². The van der Waals surface area contributed by atoms with Gasteiger partial charge in [-0.2, -0.15) is 0 Å². The average molecular weight is 312 g/mol. The molecule has 4 heteroatoms. The third-order valence-electron chi connectivity index (χ3n) is 2.31. The van der Waals surface area contributed by atoms with Gasteiger partial charge in [-0.3, -0.25) is 0 Å². The van der Waals surface area contributed by atoms with Gasteiger partial charge in [0.25, 0.3) is 0 Å². The minimum Gasteiger partial charge on any atom is -0.494 e. The minimum atomic E-state index is 0.700. The standard InChI is InChI=1S/C13H14BrNOS/c1-2-16-12-5-3-10(4-6-12)13-15-11(7-8-14)9-17-13/h3-6,9H,2,7-8H2,1H3. The molecule has 0 spiro atoms. The van der Waals surface area contributed by atoms with Crippen molar-refractivity contribution in [3.8, 4) is 16.3 Å². The van der Waals surface area contributed by atoms with Gasteiger partial charge < -0.3 is 4.74 Å². The van der Waals surface area contributed by atoms with Gasteiger partial charge in [0.1, 0.15) is 10.8 Å². The monoisotopic (exact) mass is 311 g/mol. The Kier molecular flexibility index (Phi) is 4.57. The van der Waals surface area contributed by atoms with Crippen molar-refractivity contribution in [3.63, 3.8) is 0 Å². The lowest BCUT2D eigenvalue weighted by atomic mass is 10.2. The Labute approximate surface area is 114 Å². The predicted octanol–water partition coefficient (Wildman–Crippen LogP) is 4.15. The first-order valence-corrected chi connectivity index (χ1v) is 7.57. The van der Waals surface area contributed by atoms with Crippen molar-refractivity contribution in [1.29, 1.82) is 0 Å². The average Bonchev–Trinajstić information content (AvgIpc) is 2.80. The van der Waals surface area contributed by atoms with Crippen molar-refractivity contribution < 1.29 is 4.74 Å². The fourth-order valence-corrected chi connectivity index (χ4v) is 2.78. The first kappa shape index (κ1) is 12.6. The molecule has 1 heterocycles. The molecule has 0 aliphatic rings. The topological polar surface area (TPSA) is 22.1 Å². The van der Waals surface area contributed by atoms with E-state index in [1.165, 1.54) is 0 Å². The lowest BCUT2D eigenvalue weighted by Gasteiger charge is -2.02. The third-order valence-corrected chi connectivity index (χ3v) is 3.65. The summed E-state index contributed by atoms with van der Waals surface area (Å²) in [6.45, 7) is 2.69. The second-order valence-electron chi connectivity index (χ2n) is 3.54. The molecule has 0 saturated carbocycles. The van der Waals surface area contributed by atoms with E-state index >= 15 is 0 Å². The number of thiazole rings is 1. The quantitative estimate of drug-likeness (QED) is 0.774. The molecule has 0 radical (unpaired) electrons. The van der Waals surface area contributed by atoms with E-state index in [4.69, 9.17) is 4.74 Å². The van der Waals surface area contributed by atoms with Crippen molar-refractivity contribution in [2.24, 2.45) is 0 Å². The van der Waals surface area contributed by atoms with E-state index < -0.39 is 0 Å². The molecule has 0 bridgehead atoms. The summed E-state index contributed by atoms with van der Waals surface area (Å²) in [5.74, 6) is 0.911. The number of halogens is 1. The highest BCUT2D eigenvalue weighted by Gasteiger charge is 2.04. The van der Waals surface area contributed by atoms with Crippen LogP contribution in [0.5, 0.6) is 5.75 Å². The summed E-state index contributed by atoms with van der Waals surface area (Å²) in [4.78, 5) is 4.59. The van der Waals surface area contributed by atoms with Crippen molar-refractivity contribution in [3.05, 3.63) is 35.3 Å². The lowest BCUT2D eigenvalue weighted by Crippen LogP contribution is -1.90. The number of hydrogen-bond donors (Lipinski definition) is 0. The predicted molar refractivity (Wildman–Crippen MR) is 76.2 cm³/mol. The van der Waals surface area contributed by atoms with Gasteiger partial charge >= 0.3 is 0 Å². The maximum Gasteiger partial charge on any atom is 0.123 e. The molecule has 0 aliphatic carbocycles. The van der Waals surface area contributed by atoms with Gasteiger partial charge in [0.15, 0.2) is 0 Å². The second-order valence-corrected chi connectivity index (χ2v) is 5.19. The number of alkyl halides is 1. The van der Waals surface area contributed by atoms with E-state index in [2.05, 4.69) is 38.4 Å². The van der Waals surface area contributed by atoms with E-state index in [0.717, 1.165) is 33.8 Å². The van der Waals surface area contributed by atoms with Crippen LogP contribution < -0.4 is 4.74 Å². The number of aromatic nitrogens is 1. The summed E-state index contributed by atoms with van der Waals surface area (Å²) in [5.41, 5.74) is 2.30. The molecular weight excluding hydrogens is 298 g/mol. The van der Waals surface area contributed by atoms with Crippen LogP contribution in [0.3, 0.4) is 0 Å². The Morgan fingerprint density at radius 3 is 2.71 bits per heavy atom. The highest BCUT2D eigenvalue weighted by molar-refractivity contribution is 9.09. The first-order valence-electron chi connectivity index (χ1n) is 5.57. The molecule has 17 heavy (non-hydrogen) atoms. The summed E-state index contributed by atoms with van der Waals surface area (Å²) in [6, 6.07) is 8.10. The van der Waals surface area contributed by atoms with Gasteiger partial charge in [0.2, 0.25) is 0 Å². The zero-order valence-electron chi connectivity index (χ0n) is 9.65. The van der Waals surface area contributed by atoms with E-state index in [-0.39, 0.29) is 0 Å². The van der Waals surface area contributed by atoms with Crippen LogP contribution in [-0.2, 0) is 6.42 Å². The molecule has 0 amide bonds. The van der Waals surface area contributed by atoms with Crippen LogP contribution in [0.1, 0.15) is 12.6 Å². The molecule has 90 valence electrons. The van der Waals surface area contributed by atoms with Crippen molar-refractivity contribution >= 4 is 27.3 Å². The maximum atomic E-state index is 5.42. The van der Waals surface area contributed by atoms with Crippen LogP contribution in [0.4, 0.5) is 0 Å². The van der Waals surface area contributed by atoms with E-state index in [9.17, 15) is 0 Å². The number of benzene rings is 1. The SMILES string of the molecule is CCOc1ccc(-c2nc(CCBr)cs2)cc1. The Balaban J connectivity index is 2.15. The Hall–Kier alpha value is -0.870. The van der Waals surface area contributed by atoms with E-state index in [1.54, 1.807) is 11.3 Å². The van der Waals surface area contributed by atoms with Crippen LogP contribution >= 0.6 is 27.3 Å². The zero-order valence-corrected chi connectivity index (χ0v) is 12.1. The molecule has 2 rings (SSSR count). The van der Waals surface area contributed by atoms with Crippen LogP contribution in [0.2, 0.25) is 0 Å². The highest BCUT2D eigenvalue weighted by Crippen LogP contribution is 2.26. The Morgan fingerprint density at radius 1 is 1.29 bits per heavy atom. The Bertz CT molecular complexity index is 467. The van der Waals surface area contributed by atoms with Crippen molar-refractivity contribution in [1.82, 2.24) is 4.98 Å². The van der Waals surface area contributed by atoms with Gasteiger partial charge in [-0.15, -0.1) is 11.3 Å². The molecule has 0 fully saturated rings. The van der Waals surface area contributed by atoms with Crippen molar-refractivity contribution in [2.45, 2.75) is 13.3 Å². The molecule has 1 aromatic carbocycles. The fraction of sp³-hybridized carbons (Fsp3) is 0.308. The number of ether oxygens (including phenoxy) is 1. The molecule has 0 N–H and O–H groups in total. The minimum absolute atomic E-state index is 0.700. The van der Waals surface area contributed by atoms with Gasteiger partial charge in [0.05, 0.1) is 12.3 Å². The smallest absolute Gasteiger partial charge is 0.123 e. The van der Waals surface area contributed by atoms with Gasteiger partial charge in [-0.05, 0) is 31.2 Å². The van der Waals surface area contributed by atoms with Gasteiger partial charge in [-0.25, -0.2) is 4.98 Å². The lowest BCUT2D eigenvalue weighted by molar-refractivity contribution is 0.340. The van der Waals surface area contributed by atoms with Crippen molar-refractivity contribution in [2.75, 3.05) is 11.9 Å². The largest absolute Gasteiger partial charge is 0.494 e. The van der Waals surface area contributed by atoms with Crippen LogP contribution in [0.15, 0.2) is 29.6 Å². The van der Waals surface area contributed by atoms with Crippen LogP contribution in [0, 0.1) is 0 Å². The van der Waals surface area contributed by atoms with Crippen LogP contribution in [-0.4, -0.2) is 16.9 Å². The molecule has 0 aliphatic heterocycles. The second kappa shape index (κ2) is 6.17. The first-order chi connectivity index (χ1) is 8.33.